The molecule has 1 aromatic heterocycles. The fourth-order valence-corrected chi connectivity index (χ4v) is 1.67. The van der Waals surface area contributed by atoms with E-state index in [4.69, 9.17) is 9.52 Å². The molecule has 0 bridgehead atoms. The molecule has 0 radical (unpaired) electrons. The van der Waals surface area contributed by atoms with Gasteiger partial charge in [-0.15, -0.1) is 0 Å². The number of hydrogen-bond donors (Lipinski definition) is 2. The Labute approximate surface area is 103 Å². The Morgan fingerprint density at radius 2 is 2.28 bits per heavy atom. The van der Waals surface area contributed by atoms with Crippen LogP contribution in [0.4, 0.5) is 0 Å². The normalized spacial score (nSPS) is 10.8. The second kappa shape index (κ2) is 5.05. The van der Waals surface area contributed by atoms with Crippen molar-refractivity contribution in [2.24, 2.45) is 7.05 Å². The molecule has 6 nitrogen and oxygen atoms in total. The number of nitrogens with zero attached hydrogens (tertiary/aromatic N) is 1. The van der Waals surface area contributed by atoms with E-state index in [1.54, 1.807) is 25.2 Å². The molecule has 2 rings (SSSR count). The van der Waals surface area contributed by atoms with Gasteiger partial charge in [0.2, 0.25) is 5.91 Å². The highest BCUT2D eigenvalue weighted by Crippen LogP contribution is 2.14. The van der Waals surface area contributed by atoms with Crippen LogP contribution in [-0.4, -0.2) is 22.2 Å². The molecule has 0 saturated carbocycles. The molecular weight excluding hydrogens is 236 g/mol. The molecule has 96 valence electrons. The number of aryl methyl sites for hydroxylation is 1. The number of aromatic nitrogens is 1. The molecule has 2 N–H and O–H groups in total. The lowest BCUT2D eigenvalue weighted by Gasteiger charge is -2.04. The van der Waals surface area contributed by atoms with Crippen molar-refractivity contribution in [3.63, 3.8) is 0 Å². The van der Waals surface area contributed by atoms with Crippen LogP contribution < -0.4 is 11.1 Å². The monoisotopic (exact) mass is 250 g/mol. The second-order valence-corrected chi connectivity index (χ2v) is 3.98. The van der Waals surface area contributed by atoms with Gasteiger partial charge in [0.25, 0.3) is 0 Å². The standard InChI is InChI=1S/C12H14N2O4/c1-14-9-6-8(7-13-11(16)4-5-15)2-3-10(9)18-12(14)17/h2-3,6,15H,4-5,7H2,1H3,(H,13,16). The number of rotatable bonds is 4. The lowest BCUT2D eigenvalue weighted by atomic mass is 10.2. The topological polar surface area (TPSA) is 84.5 Å². The fourth-order valence-electron chi connectivity index (χ4n) is 1.67. The highest BCUT2D eigenvalue weighted by Gasteiger charge is 2.07. The van der Waals surface area contributed by atoms with Gasteiger partial charge in [-0.05, 0) is 17.7 Å². The van der Waals surface area contributed by atoms with E-state index in [1.807, 2.05) is 0 Å². The van der Waals surface area contributed by atoms with Gasteiger partial charge < -0.3 is 14.8 Å². The number of aliphatic hydroxyl groups is 1. The van der Waals surface area contributed by atoms with Crippen molar-refractivity contribution in [1.82, 2.24) is 9.88 Å². The minimum atomic E-state index is -0.411. The van der Waals surface area contributed by atoms with Gasteiger partial charge in [0, 0.05) is 20.0 Å². The summed E-state index contributed by atoms with van der Waals surface area (Å²) in [6.07, 6.45) is 0.0897. The van der Waals surface area contributed by atoms with Gasteiger partial charge in [-0.3, -0.25) is 9.36 Å². The second-order valence-electron chi connectivity index (χ2n) is 3.98. The first kappa shape index (κ1) is 12.4. The van der Waals surface area contributed by atoms with E-state index in [2.05, 4.69) is 5.32 Å². The Hall–Kier alpha value is -2.08. The zero-order chi connectivity index (χ0) is 13.1. The van der Waals surface area contributed by atoms with Crippen LogP contribution in [0.15, 0.2) is 27.4 Å². The summed E-state index contributed by atoms with van der Waals surface area (Å²) in [5.74, 6) is -0.620. The Bertz CT molecular complexity index is 627. The number of amides is 1. The number of oxazole rings is 1. The maximum Gasteiger partial charge on any atom is 0.419 e. The van der Waals surface area contributed by atoms with Crippen LogP contribution in [0.5, 0.6) is 0 Å². The van der Waals surface area contributed by atoms with Gasteiger partial charge in [-0.1, -0.05) is 6.07 Å². The van der Waals surface area contributed by atoms with Crippen LogP contribution in [0.3, 0.4) is 0 Å². The molecule has 0 aliphatic rings. The van der Waals surface area contributed by atoms with Crippen molar-refractivity contribution in [3.8, 4) is 0 Å². The van der Waals surface area contributed by atoms with E-state index in [9.17, 15) is 9.59 Å². The predicted molar refractivity (Wildman–Crippen MR) is 65.0 cm³/mol. The lowest BCUT2D eigenvalue weighted by Crippen LogP contribution is -2.23. The number of hydrogen-bond acceptors (Lipinski definition) is 4. The highest BCUT2D eigenvalue weighted by atomic mass is 16.4. The van der Waals surface area contributed by atoms with Crippen molar-refractivity contribution < 1.29 is 14.3 Å². The summed E-state index contributed by atoms with van der Waals surface area (Å²) in [6, 6.07) is 5.27. The van der Waals surface area contributed by atoms with E-state index in [0.717, 1.165) is 5.56 Å². The average molecular weight is 250 g/mol. The van der Waals surface area contributed by atoms with Crippen LogP contribution in [0.25, 0.3) is 11.1 Å². The quantitative estimate of drug-likeness (QED) is 0.807. The predicted octanol–water partition coefficient (Wildman–Crippen LogP) is 0.130. The van der Waals surface area contributed by atoms with Crippen LogP contribution in [-0.2, 0) is 18.4 Å². The summed E-state index contributed by atoms with van der Waals surface area (Å²) in [5.41, 5.74) is 2.08. The van der Waals surface area contributed by atoms with Gasteiger partial charge in [0.15, 0.2) is 5.58 Å². The van der Waals surface area contributed by atoms with Crippen molar-refractivity contribution >= 4 is 17.0 Å². The zero-order valence-corrected chi connectivity index (χ0v) is 9.97. The third kappa shape index (κ3) is 2.43. The molecule has 0 atom stereocenters. The third-order valence-electron chi connectivity index (χ3n) is 2.68. The first-order valence-corrected chi connectivity index (χ1v) is 5.58. The highest BCUT2D eigenvalue weighted by molar-refractivity contribution is 5.76. The van der Waals surface area contributed by atoms with E-state index in [0.29, 0.717) is 17.6 Å². The first-order valence-electron chi connectivity index (χ1n) is 5.58. The fraction of sp³-hybridized carbons (Fsp3) is 0.333. The van der Waals surface area contributed by atoms with Gasteiger partial charge in [0.05, 0.1) is 12.1 Å². The van der Waals surface area contributed by atoms with E-state index >= 15 is 0 Å². The van der Waals surface area contributed by atoms with Crippen LogP contribution in [0.2, 0.25) is 0 Å². The van der Waals surface area contributed by atoms with Crippen molar-refractivity contribution in [2.75, 3.05) is 6.61 Å². The largest absolute Gasteiger partial charge is 0.419 e. The maximum atomic E-state index is 11.3. The summed E-state index contributed by atoms with van der Waals surface area (Å²) in [5, 5.41) is 11.3. The SMILES string of the molecule is Cn1c(=O)oc2ccc(CNC(=O)CCO)cc21. The summed E-state index contributed by atoms with van der Waals surface area (Å²) in [6.45, 7) is 0.190. The van der Waals surface area contributed by atoms with Gasteiger partial charge in [0.1, 0.15) is 0 Å². The first-order chi connectivity index (χ1) is 8.61. The van der Waals surface area contributed by atoms with Gasteiger partial charge >= 0.3 is 5.76 Å². The maximum absolute atomic E-state index is 11.3. The van der Waals surface area contributed by atoms with Crippen molar-refractivity contribution in [3.05, 3.63) is 34.3 Å². The number of aliphatic hydroxyl groups excluding tert-OH is 1. The van der Waals surface area contributed by atoms with Crippen molar-refractivity contribution in [2.45, 2.75) is 13.0 Å². The number of carbonyl (C=O) groups is 1. The van der Waals surface area contributed by atoms with E-state index < -0.39 is 5.76 Å². The molecule has 0 aliphatic heterocycles. The summed E-state index contributed by atoms with van der Waals surface area (Å²) in [7, 11) is 1.63. The Kier molecular flexibility index (Phi) is 3.47. The number of nitrogens with one attached hydrogen (secondary N) is 1. The van der Waals surface area contributed by atoms with E-state index in [1.165, 1.54) is 4.57 Å². The summed E-state index contributed by atoms with van der Waals surface area (Å²) < 4.78 is 6.42. The average Bonchev–Trinajstić information content (AvgIpc) is 2.63. The zero-order valence-electron chi connectivity index (χ0n) is 9.97. The molecule has 0 saturated heterocycles. The minimum absolute atomic E-state index is 0.0897. The smallest absolute Gasteiger partial charge is 0.408 e. The molecule has 1 aromatic carbocycles. The van der Waals surface area contributed by atoms with Crippen LogP contribution in [0, 0.1) is 0 Å². The molecule has 0 fully saturated rings. The van der Waals surface area contributed by atoms with Gasteiger partial charge in [-0.2, -0.15) is 0 Å². The van der Waals surface area contributed by atoms with Gasteiger partial charge in [-0.25, -0.2) is 4.79 Å². The number of fused-ring (bicyclic) bond motifs is 1. The summed E-state index contributed by atoms with van der Waals surface area (Å²) in [4.78, 5) is 22.5. The number of benzene rings is 1. The lowest BCUT2D eigenvalue weighted by molar-refractivity contribution is -0.121. The third-order valence-corrected chi connectivity index (χ3v) is 2.68. The molecule has 0 unspecified atom stereocenters. The molecule has 18 heavy (non-hydrogen) atoms. The Morgan fingerprint density at radius 3 is 3.00 bits per heavy atom. The molecule has 0 aliphatic carbocycles. The molecule has 2 aromatic rings. The number of carbonyl (C=O) groups excluding carboxylic acids is 1. The van der Waals surface area contributed by atoms with Crippen LogP contribution >= 0.6 is 0 Å². The molecule has 6 heteroatoms. The van der Waals surface area contributed by atoms with E-state index in [-0.39, 0.29) is 18.9 Å². The summed E-state index contributed by atoms with van der Waals surface area (Å²) >= 11 is 0. The van der Waals surface area contributed by atoms with Crippen molar-refractivity contribution in [1.29, 1.82) is 0 Å². The minimum Gasteiger partial charge on any atom is -0.408 e. The molecule has 0 spiro atoms. The Balaban J connectivity index is 2.17. The Morgan fingerprint density at radius 1 is 1.50 bits per heavy atom. The molecule has 1 amide bonds. The van der Waals surface area contributed by atoms with Crippen LogP contribution in [0.1, 0.15) is 12.0 Å². The molecular formula is C12H14N2O4. The molecule has 1 heterocycles.